The van der Waals surface area contributed by atoms with E-state index in [1.165, 1.54) is 116 Å². The van der Waals surface area contributed by atoms with E-state index in [2.05, 4.69) is 13.8 Å². The van der Waals surface area contributed by atoms with Gasteiger partial charge in [-0.3, -0.25) is 0 Å². The zero-order chi connectivity index (χ0) is 18.6. The highest BCUT2D eigenvalue weighted by atomic mass is 16.4. The monoisotopic (exact) mass is 354 g/mol. The molecule has 2 N–H and O–H groups in total. The summed E-state index contributed by atoms with van der Waals surface area (Å²) in [5, 5.41) is 18.6. The lowest BCUT2D eigenvalue weighted by Gasteiger charge is -2.16. The van der Waals surface area contributed by atoms with Crippen molar-refractivity contribution in [3.63, 3.8) is 0 Å². The Hall–Kier alpha value is -0.0151. The van der Waals surface area contributed by atoms with Gasteiger partial charge in [0.05, 0.1) is 0 Å². The quantitative estimate of drug-likeness (QED) is 0.180. The Morgan fingerprint density at radius 2 is 0.840 bits per heavy atom. The molecule has 2 nitrogen and oxygen atoms in total. The van der Waals surface area contributed by atoms with Gasteiger partial charge >= 0.3 is 7.12 Å². The van der Waals surface area contributed by atoms with Gasteiger partial charge in [0.1, 0.15) is 0 Å². The van der Waals surface area contributed by atoms with Crippen LogP contribution >= 0.6 is 0 Å². The van der Waals surface area contributed by atoms with E-state index in [-0.39, 0.29) is 0 Å². The molecule has 25 heavy (non-hydrogen) atoms. The summed E-state index contributed by atoms with van der Waals surface area (Å²) in [5.74, 6) is 0.514. The highest BCUT2D eigenvalue weighted by Gasteiger charge is 2.16. The first kappa shape index (κ1) is 25.0. The zero-order valence-corrected chi connectivity index (χ0v) is 17.5. The second-order valence-electron chi connectivity index (χ2n) is 8.11. The van der Waals surface area contributed by atoms with Gasteiger partial charge in [-0.05, 0) is 12.2 Å². The van der Waals surface area contributed by atoms with Crippen LogP contribution in [-0.2, 0) is 0 Å². The summed E-state index contributed by atoms with van der Waals surface area (Å²) < 4.78 is 0. The largest absolute Gasteiger partial charge is 0.451 e. The van der Waals surface area contributed by atoms with Crippen LogP contribution in [0.3, 0.4) is 0 Å². The summed E-state index contributed by atoms with van der Waals surface area (Å²) in [5.41, 5.74) is 0. The first-order chi connectivity index (χ1) is 12.2. The maximum atomic E-state index is 9.32. The molecule has 0 aromatic heterocycles. The van der Waals surface area contributed by atoms with Crippen molar-refractivity contribution < 1.29 is 10.0 Å². The fraction of sp³-hybridized carbons (Fsp3) is 1.00. The summed E-state index contributed by atoms with van der Waals surface area (Å²) in [6, 6.07) is 0. The first-order valence-electron chi connectivity index (χ1n) is 11.6. The Morgan fingerprint density at radius 3 is 1.16 bits per heavy atom. The van der Waals surface area contributed by atoms with Crippen molar-refractivity contribution in [1.29, 1.82) is 0 Å². The normalized spacial score (nSPS) is 11.4. The van der Waals surface area contributed by atoms with Crippen LogP contribution in [0.15, 0.2) is 0 Å². The molecule has 0 radical (unpaired) electrons. The second-order valence-corrected chi connectivity index (χ2v) is 8.11. The van der Waals surface area contributed by atoms with Crippen molar-refractivity contribution in [2.75, 3.05) is 0 Å². The maximum Gasteiger partial charge on any atom is 0.451 e. The van der Waals surface area contributed by atoms with Gasteiger partial charge in [0, 0.05) is 0 Å². The molecule has 0 atom stereocenters. The van der Waals surface area contributed by atoms with Gasteiger partial charge in [0.25, 0.3) is 0 Å². The standard InChI is InChI=1S/C22H47BO2/c1-3-5-7-9-11-13-15-17-19-22(21-23(24)25)20-18-16-14-12-10-8-6-4-2/h22,24-25H,3-21H2,1-2H3. The molecule has 0 amide bonds. The molecule has 0 aromatic carbocycles. The molecule has 0 heterocycles. The van der Waals surface area contributed by atoms with Gasteiger partial charge in [-0.25, -0.2) is 0 Å². The molecule has 0 unspecified atom stereocenters. The van der Waals surface area contributed by atoms with Gasteiger partial charge in [-0.15, -0.1) is 0 Å². The minimum Gasteiger partial charge on any atom is -0.427 e. The summed E-state index contributed by atoms with van der Waals surface area (Å²) in [7, 11) is -1.12. The molecule has 0 rings (SSSR count). The van der Waals surface area contributed by atoms with E-state index < -0.39 is 7.12 Å². The molecule has 0 bridgehead atoms. The first-order valence-corrected chi connectivity index (χ1v) is 11.6. The van der Waals surface area contributed by atoms with Crippen LogP contribution in [0, 0.1) is 5.92 Å². The summed E-state index contributed by atoms with van der Waals surface area (Å²) in [4.78, 5) is 0. The third kappa shape index (κ3) is 20.2. The van der Waals surface area contributed by atoms with Crippen molar-refractivity contribution in [2.45, 2.75) is 136 Å². The molecule has 3 heteroatoms. The maximum absolute atomic E-state index is 9.32. The molecule has 150 valence electrons. The van der Waals surface area contributed by atoms with Gasteiger partial charge in [0.15, 0.2) is 0 Å². The third-order valence-electron chi connectivity index (χ3n) is 5.48. The van der Waals surface area contributed by atoms with Crippen LogP contribution in [0.1, 0.15) is 129 Å². The van der Waals surface area contributed by atoms with Crippen molar-refractivity contribution in [3.05, 3.63) is 0 Å². The average molecular weight is 354 g/mol. The van der Waals surface area contributed by atoms with Crippen molar-refractivity contribution in [2.24, 2.45) is 5.92 Å². The van der Waals surface area contributed by atoms with Gasteiger partial charge in [-0.1, -0.05) is 129 Å². The van der Waals surface area contributed by atoms with Gasteiger partial charge < -0.3 is 10.0 Å². The predicted octanol–water partition coefficient (Wildman–Crippen LogP) is 7.14. The molecule has 0 aliphatic rings. The third-order valence-corrected chi connectivity index (χ3v) is 5.48. The van der Waals surface area contributed by atoms with E-state index in [9.17, 15) is 10.0 Å². The molecular formula is C22H47BO2. The van der Waals surface area contributed by atoms with E-state index >= 15 is 0 Å². The zero-order valence-electron chi connectivity index (χ0n) is 17.5. The molecule has 0 fully saturated rings. The van der Waals surface area contributed by atoms with E-state index in [1.807, 2.05) is 0 Å². The average Bonchev–Trinajstić information content (AvgIpc) is 2.58. The molecule has 0 aliphatic heterocycles. The Labute approximate surface area is 159 Å². The van der Waals surface area contributed by atoms with E-state index in [0.29, 0.717) is 12.2 Å². The number of unbranched alkanes of at least 4 members (excludes halogenated alkanes) is 14. The molecular weight excluding hydrogens is 307 g/mol. The number of hydrogen-bond acceptors (Lipinski definition) is 2. The predicted molar refractivity (Wildman–Crippen MR) is 113 cm³/mol. The fourth-order valence-corrected chi connectivity index (χ4v) is 3.81. The summed E-state index contributed by atoms with van der Waals surface area (Å²) in [6.45, 7) is 4.53. The van der Waals surface area contributed by atoms with Crippen molar-refractivity contribution in [1.82, 2.24) is 0 Å². The molecule has 0 spiro atoms. The minimum absolute atomic E-state index is 0.514. The highest BCUT2D eigenvalue weighted by molar-refractivity contribution is 6.41. The van der Waals surface area contributed by atoms with Crippen molar-refractivity contribution in [3.8, 4) is 0 Å². The summed E-state index contributed by atoms with van der Waals surface area (Å²) >= 11 is 0. The van der Waals surface area contributed by atoms with Crippen LogP contribution in [0.2, 0.25) is 6.32 Å². The van der Waals surface area contributed by atoms with Gasteiger partial charge in [-0.2, -0.15) is 0 Å². The number of rotatable bonds is 20. The fourth-order valence-electron chi connectivity index (χ4n) is 3.81. The highest BCUT2D eigenvalue weighted by Crippen LogP contribution is 2.23. The lowest BCUT2D eigenvalue weighted by atomic mass is 9.74. The Kier molecular flexibility index (Phi) is 20.3. The SMILES string of the molecule is CCCCCCCCCCC(CCCCCCCCCC)CB(O)O. The van der Waals surface area contributed by atoms with Crippen LogP contribution < -0.4 is 0 Å². The van der Waals surface area contributed by atoms with Crippen LogP contribution in [0.5, 0.6) is 0 Å². The molecule has 0 saturated heterocycles. The molecule has 0 aliphatic carbocycles. The number of hydrogen-bond donors (Lipinski definition) is 2. The lowest BCUT2D eigenvalue weighted by molar-refractivity contribution is 0.360. The van der Waals surface area contributed by atoms with E-state index in [4.69, 9.17) is 0 Å². The van der Waals surface area contributed by atoms with Crippen LogP contribution in [0.4, 0.5) is 0 Å². The topological polar surface area (TPSA) is 40.5 Å². The molecule has 0 aromatic rings. The van der Waals surface area contributed by atoms with Gasteiger partial charge in [0.2, 0.25) is 0 Å². The van der Waals surface area contributed by atoms with Crippen LogP contribution in [-0.4, -0.2) is 17.2 Å². The smallest absolute Gasteiger partial charge is 0.427 e. The Morgan fingerprint density at radius 1 is 0.520 bits per heavy atom. The Bertz CT molecular complexity index is 226. The van der Waals surface area contributed by atoms with Crippen LogP contribution in [0.25, 0.3) is 0 Å². The Balaban J connectivity index is 3.58. The summed E-state index contributed by atoms with van der Waals surface area (Å²) in [6.07, 6.45) is 24.6. The minimum atomic E-state index is -1.12. The van der Waals surface area contributed by atoms with E-state index in [1.54, 1.807) is 0 Å². The van der Waals surface area contributed by atoms with Crippen molar-refractivity contribution >= 4 is 7.12 Å². The lowest BCUT2D eigenvalue weighted by Crippen LogP contribution is -2.16. The molecule has 0 saturated carbocycles. The van der Waals surface area contributed by atoms with E-state index in [0.717, 1.165) is 0 Å². The second kappa shape index (κ2) is 20.3.